The van der Waals surface area contributed by atoms with Crippen molar-refractivity contribution in [1.29, 1.82) is 0 Å². The van der Waals surface area contributed by atoms with Crippen LogP contribution in [0, 0.1) is 0 Å². The molecule has 0 amide bonds. The molecule has 15 aromatic rings. The van der Waals surface area contributed by atoms with Gasteiger partial charge in [0.1, 0.15) is 44.8 Å². The molecule has 4 aromatic heterocycles. The topological polar surface area (TPSA) is 52.6 Å². The standard InChI is InChI=1S/C66H38O4/c1-2-16-38-31-39(30-29-37(38)15-1)59-45-19-3-5-21-47(45)60(48-22-6-4-20-46(48)59)42-33-40(51-35-53-43-17-7-11-25-55(43)67-65(53)61-49-23-9-13-27-57(49)69-63(51)61)32-41(34-42)52-36-54-44-18-8-12-26-56(44)68-66(54)62-50-24-10-14-28-58(50)70-64(52)62/h1-9,11-23,25-36H,10,24H2. The molecule has 0 radical (unpaired) electrons. The summed E-state index contributed by atoms with van der Waals surface area (Å²) >= 11 is 0. The Balaban J connectivity index is 1.06. The van der Waals surface area contributed by atoms with Crippen LogP contribution in [0.25, 0.3) is 160 Å². The monoisotopic (exact) mass is 894 g/mol. The first-order chi connectivity index (χ1) is 34.7. The highest BCUT2D eigenvalue weighted by molar-refractivity contribution is 6.27. The van der Waals surface area contributed by atoms with Gasteiger partial charge in [-0.25, -0.2) is 0 Å². The van der Waals surface area contributed by atoms with E-state index in [0.29, 0.717) is 0 Å². The van der Waals surface area contributed by atoms with Crippen molar-refractivity contribution in [1.82, 2.24) is 0 Å². The summed E-state index contributed by atoms with van der Waals surface area (Å²) in [6.07, 6.45) is 6.17. The maximum Gasteiger partial charge on any atom is 0.147 e. The lowest BCUT2D eigenvalue weighted by Gasteiger charge is -2.19. The van der Waals surface area contributed by atoms with Gasteiger partial charge in [0.25, 0.3) is 0 Å². The average molecular weight is 895 g/mol. The Morgan fingerprint density at radius 1 is 0.314 bits per heavy atom. The molecule has 0 aliphatic heterocycles. The molecule has 1 aliphatic rings. The molecule has 4 heteroatoms. The van der Waals surface area contributed by atoms with Crippen LogP contribution in [-0.2, 0) is 6.42 Å². The first-order valence-electron chi connectivity index (χ1n) is 24.1. The van der Waals surface area contributed by atoms with Gasteiger partial charge < -0.3 is 17.7 Å². The number of para-hydroxylation sites is 3. The highest BCUT2D eigenvalue weighted by Crippen LogP contribution is 2.51. The van der Waals surface area contributed by atoms with Gasteiger partial charge in [-0.15, -0.1) is 0 Å². The Morgan fingerprint density at radius 3 is 1.41 bits per heavy atom. The first-order valence-corrected chi connectivity index (χ1v) is 24.1. The molecule has 70 heavy (non-hydrogen) atoms. The van der Waals surface area contributed by atoms with Crippen LogP contribution in [-0.4, -0.2) is 0 Å². The zero-order chi connectivity index (χ0) is 45.6. The summed E-state index contributed by atoms with van der Waals surface area (Å²) in [5, 5.41) is 14.5. The largest absolute Gasteiger partial charge is 0.456 e. The molecule has 11 aromatic carbocycles. The number of furan rings is 4. The minimum absolute atomic E-state index is 0.789. The van der Waals surface area contributed by atoms with Gasteiger partial charge in [-0.2, -0.15) is 0 Å². The molecule has 0 saturated carbocycles. The van der Waals surface area contributed by atoms with E-state index in [4.69, 9.17) is 17.7 Å². The Morgan fingerprint density at radius 2 is 0.786 bits per heavy atom. The van der Waals surface area contributed by atoms with Crippen LogP contribution in [0.5, 0.6) is 0 Å². The SMILES string of the molecule is C1=Cc2oc3c(-c4cc(-c5c6ccccc6c(-c6ccc7ccccc7c6)c6ccccc56)cc(-c5cc6c7ccccc7oc6c6c5oc5ccccc56)c4)cc4c5ccccc5oc4c3c2CC1. The second kappa shape index (κ2) is 14.2. The maximum absolute atomic E-state index is 7.03. The van der Waals surface area contributed by atoms with Gasteiger partial charge in [0.15, 0.2) is 0 Å². The van der Waals surface area contributed by atoms with Crippen LogP contribution in [0.4, 0.5) is 0 Å². The van der Waals surface area contributed by atoms with E-state index in [1.54, 1.807) is 0 Å². The summed E-state index contributed by atoms with van der Waals surface area (Å²) in [6, 6.07) is 70.1. The highest BCUT2D eigenvalue weighted by Gasteiger charge is 2.27. The molecular formula is C66H38O4. The molecule has 326 valence electrons. The van der Waals surface area contributed by atoms with Crippen molar-refractivity contribution < 1.29 is 17.7 Å². The van der Waals surface area contributed by atoms with E-state index < -0.39 is 0 Å². The molecule has 4 nitrogen and oxygen atoms in total. The summed E-state index contributed by atoms with van der Waals surface area (Å²) in [5.41, 5.74) is 15.8. The number of hydrogen-bond acceptors (Lipinski definition) is 4. The summed E-state index contributed by atoms with van der Waals surface area (Å²) in [7, 11) is 0. The molecule has 4 heterocycles. The van der Waals surface area contributed by atoms with Crippen LogP contribution in [0.3, 0.4) is 0 Å². The van der Waals surface area contributed by atoms with Gasteiger partial charge in [0.05, 0.1) is 10.8 Å². The van der Waals surface area contributed by atoms with Gasteiger partial charge in [-0.05, 0) is 139 Å². The molecule has 0 fully saturated rings. The lowest BCUT2D eigenvalue weighted by Crippen LogP contribution is -1.93. The molecular weight excluding hydrogens is 857 g/mol. The van der Waals surface area contributed by atoms with Crippen molar-refractivity contribution >= 4 is 115 Å². The Labute approximate surface area is 399 Å². The lowest BCUT2D eigenvalue weighted by molar-refractivity contribution is 0.596. The summed E-state index contributed by atoms with van der Waals surface area (Å²) in [6.45, 7) is 0. The van der Waals surface area contributed by atoms with Crippen LogP contribution >= 0.6 is 0 Å². The van der Waals surface area contributed by atoms with Crippen LogP contribution in [0.1, 0.15) is 17.7 Å². The second-order valence-electron chi connectivity index (χ2n) is 18.9. The summed E-state index contributed by atoms with van der Waals surface area (Å²) < 4.78 is 27.5. The molecule has 0 N–H and O–H groups in total. The number of benzene rings is 11. The number of hydrogen-bond donors (Lipinski definition) is 0. The van der Waals surface area contributed by atoms with E-state index in [-0.39, 0.29) is 0 Å². The van der Waals surface area contributed by atoms with Crippen molar-refractivity contribution in [3.63, 3.8) is 0 Å². The quantitative estimate of drug-likeness (QED) is 0.165. The van der Waals surface area contributed by atoms with Crippen molar-refractivity contribution in [3.8, 4) is 44.5 Å². The molecule has 0 atom stereocenters. The molecule has 1 aliphatic carbocycles. The van der Waals surface area contributed by atoms with E-state index >= 15 is 0 Å². The van der Waals surface area contributed by atoms with Crippen molar-refractivity contribution in [2.75, 3.05) is 0 Å². The van der Waals surface area contributed by atoms with Crippen LogP contribution < -0.4 is 0 Å². The predicted octanol–water partition coefficient (Wildman–Crippen LogP) is 19.2. The number of aryl methyl sites for hydroxylation is 1. The average Bonchev–Trinajstić information content (AvgIpc) is 4.20. The van der Waals surface area contributed by atoms with Gasteiger partial charge in [-0.1, -0.05) is 146 Å². The minimum atomic E-state index is 0.789. The van der Waals surface area contributed by atoms with Crippen molar-refractivity contribution in [2.45, 2.75) is 12.8 Å². The second-order valence-corrected chi connectivity index (χ2v) is 18.9. The molecule has 16 rings (SSSR count). The third kappa shape index (κ3) is 5.30. The number of allylic oxidation sites excluding steroid dienone is 1. The van der Waals surface area contributed by atoms with Crippen LogP contribution in [0.15, 0.2) is 218 Å². The van der Waals surface area contributed by atoms with E-state index in [2.05, 4.69) is 188 Å². The van der Waals surface area contributed by atoms with E-state index in [1.165, 1.54) is 54.6 Å². The number of fused-ring (bicyclic) bond motifs is 17. The van der Waals surface area contributed by atoms with Gasteiger partial charge >= 0.3 is 0 Å². The third-order valence-corrected chi connectivity index (χ3v) is 15.1. The van der Waals surface area contributed by atoms with Gasteiger partial charge in [-0.3, -0.25) is 0 Å². The fraction of sp³-hybridized carbons (Fsp3) is 0.0303. The number of rotatable bonds is 4. The zero-order valence-corrected chi connectivity index (χ0v) is 37.7. The predicted molar refractivity (Wildman–Crippen MR) is 290 cm³/mol. The van der Waals surface area contributed by atoms with E-state index in [0.717, 1.165) is 123 Å². The summed E-state index contributed by atoms with van der Waals surface area (Å²) in [5.74, 6) is 0.898. The highest BCUT2D eigenvalue weighted by atomic mass is 16.4. The molecule has 0 unspecified atom stereocenters. The van der Waals surface area contributed by atoms with Gasteiger partial charge in [0, 0.05) is 43.6 Å². The Hall–Kier alpha value is -9.12. The Kier molecular flexibility index (Phi) is 7.69. The van der Waals surface area contributed by atoms with Crippen molar-refractivity contribution in [3.05, 3.63) is 212 Å². The lowest BCUT2D eigenvalue weighted by atomic mass is 9.84. The van der Waals surface area contributed by atoms with Crippen LogP contribution in [0.2, 0.25) is 0 Å². The van der Waals surface area contributed by atoms with Crippen molar-refractivity contribution in [2.24, 2.45) is 0 Å². The molecule has 0 saturated heterocycles. The van der Waals surface area contributed by atoms with Gasteiger partial charge in [0.2, 0.25) is 0 Å². The minimum Gasteiger partial charge on any atom is -0.456 e. The normalized spacial score (nSPS) is 13.0. The maximum atomic E-state index is 7.03. The van der Waals surface area contributed by atoms with E-state index in [9.17, 15) is 0 Å². The first kappa shape index (κ1) is 37.9. The zero-order valence-electron chi connectivity index (χ0n) is 37.7. The fourth-order valence-corrected chi connectivity index (χ4v) is 12.0. The smallest absolute Gasteiger partial charge is 0.147 e. The third-order valence-electron chi connectivity index (χ3n) is 15.1. The molecule has 0 spiro atoms. The Bertz CT molecular complexity index is 4720. The molecule has 0 bridgehead atoms. The summed E-state index contributed by atoms with van der Waals surface area (Å²) in [4.78, 5) is 0. The fourth-order valence-electron chi connectivity index (χ4n) is 12.0. The van der Waals surface area contributed by atoms with E-state index in [1.807, 2.05) is 18.2 Å².